The van der Waals surface area contributed by atoms with Gasteiger partial charge in [0.25, 0.3) is 0 Å². The smallest absolute Gasteiger partial charge is 0.308 e. The molecule has 3 nitrogen and oxygen atoms in total. The predicted octanol–water partition coefficient (Wildman–Crippen LogP) is 5.55. The first-order chi connectivity index (χ1) is 10.7. The van der Waals surface area contributed by atoms with E-state index < -0.39 is 11.9 Å². The van der Waals surface area contributed by atoms with Gasteiger partial charge < -0.3 is 10.2 Å². The Kier molecular flexibility index (Phi) is 16.4. The first-order valence-corrected chi connectivity index (χ1v) is 9.56. The minimum Gasteiger partial charge on any atom is -0.481 e. The molecule has 1 unspecified atom stereocenters. The molecule has 0 aromatic heterocycles. The lowest BCUT2D eigenvalue weighted by molar-refractivity contribution is -0.143. The Morgan fingerprint density at radius 1 is 0.727 bits per heavy atom. The lowest BCUT2D eigenvalue weighted by Crippen LogP contribution is -2.17. The van der Waals surface area contributed by atoms with Gasteiger partial charge in [0, 0.05) is 0 Å². The van der Waals surface area contributed by atoms with E-state index in [9.17, 15) is 4.79 Å². The summed E-state index contributed by atoms with van der Waals surface area (Å²) in [5, 5.41) is 17.7. The maximum absolute atomic E-state index is 10.7. The van der Waals surface area contributed by atoms with Crippen molar-refractivity contribution in [2.75, 3.05) is 6.61 Å². The van der Waals surface area contributed by atoms with E-state index >= 15 is 0 Å². The number of carboxylic acids is 1. The third kappa shape index (κ3) is 14.4. The number of aliphatic carboxylic acids is 1. The quantitative estimate of drug-likeness (QED) is 0.346. The molecule has 0 saturated carbocycles. The largest absolute Gasteiger partial charge is 0.481 e. The maximum atomic E-state index is 10.7. The van der Waals surface area contributed by atoms with E-state index in [1.165, 1.54) is 77.0 Å². The number of carbonyl (C=O) groups is 1. The van der Waals surface area contributed by atoms with Crippen molar-refractivity contribution in [2.24, 2.45) is 5.92 Å². The fourth-order valence-electron chi connectivity index (χ4n) is 2.88. The molecule has 0 fully saturated rings. The van der Waals surface area contributed by atoms with Crippen LogP contribution >= 0.6 is 0 Å². The molecule has 3 heteroatoms. The van der Waals surface area contributed by atoms with Crippen molar-refractivity contribution in [1.29, 1.82) is 0 Å². The molecule has 0 aromatic carbocycles. The topological polar surface area (TPSA) is 57.5 Å². The third-order valence-corrected chi connectivity index (χ3v) is 4.48. The Balaban J connectivity index is 3.13. The van der Waals surface area contributed by atoms with Gasteiger partial charge in [0.15, 0.2) is 0 Å². The minimum atomic E-state index is -0.864. The molecule has 0 aliphatic carbocycles. The second kappa shape index (κ2) is 16.8. The summed E-state index contributed by atoms with van der Waals surface area (Å²) in [6, 6.07) is 0. The number of carboxylic acid groups (broad SMARTS) is 1. The van der Waals surface area contributed by atoms with E-state index in [0.717, 1.165) is 12.8 Å². The summed E-state index contributed by atoms with van der Waals surface area (Å²) in [7, 11) is 0. The van der Waals surface area contributed by atoms with Crippen LogP contribution in [0.3, 0.4) is 0 Å². The van der Waals surface area contributed by atoms with Crippen LogP contribution in [0.25, 0.3) is 0 Å². The zero-order valence-electron chi connectivity index (χ0n) is 14.7. The molecule has 0 bridgehead atoms. The van der Waals surface area contributed by atoms with Crippen LogP contribution in [-0.4, -0.2) is 22.8 Å². The van der Waals surface area contributed by atoms with Gasteiger partial charge in [0.1, 0.15) is 0 Å². The van der Waals surface area contributed by atoms with Gasteiger partial charge in [-0.2, -0.15) is 0 Å². The molecule has 22 heavy (non-hydrogen) atoms. The van der Waals surface area contributed by atoms with Gasteiger partial charge in [0.05, 0.1) is 12.5 Å². The van der Waals surface area contributed by atoms with Gasteiger partial charge in [-0.05, 0) is 6.42 Å². The minimum absolute atomic E-state index is 0.228. The molecule has 2 N–H and O–H groups in total. The van der Waals surface area contributed by atoms with Crippen molar-refractivity contribution in [3.63, 3.8) is 0 Å². The maximum Gasteiger partial charge on any atom is 0.308 e. The lowest BCUT2D eigenvalue weighted by atomic mass is 10.0. The molecule has 0 rings (SSSR count). The third-order valence-electron chi connectivity index (χ3n) is 4.48. The molecular weight excluding hydrogens is 276 g/mol. The van der Waals surface area contributed by atoms with Crippen LogP contribution in [-0.2, 0) is 4.79 Å². The number of unbranched alkanes of at least 4 members (excludes halogenated alkanes) is 13. The van der Waals surface area contributed by atoms with Crippen molar-refractivity contribution >= 4 is 5.97 Å². The summed E-state index contributed by atoms with van der Waals surface area (Å²) in [6.07, 6.45) is 18.9. The highest BCUT2D eigenvalue weighted by Crippen LogP contribution is 2.15. The summed E-state index contributed by atoms with van der Waals surface area (Å²) in [5.74, 6) is -1.42. The Morgan fingerprint density at radius 2 is 1.09 bits per heavy atom. The highest BCUT2D eigenvalue weighted by atomic mass is 16.4. The van der Waals surface area contributed by atoms with E-state index in [-0.39, 0.29) is 6.61 Å². The SMILES string of the molecule is CCCCCCCCCCCCCCCCC(CO)C(=O)O. The fourth-order valence-corrected chi connectivity index (χ4v) is 2.88. The first-order valence-electron chi connectivity index (χ1n) is 9.56. The standard InChI is InChI=1S/C19H38O3/c1-2-3-4-5-6-7-8-9-10-11-12-13-14-15-16-18(17-20)19(21)22/h18,20H,2-17H2,1H3,(H,21,22). The summed E-state index contributed by atoms with van der Waals surface area (Å²) in [4.78, 5) is 10.7. The average Bonchev–Trinajstić information content (AvgIpc) is 2.51. The van der Waals surface area contributed by atoms with E-state index in [2.05, 4.69) is 6.92 Å². The monoisotopic (exact) mass is 314 g/mol. The summed E-state index contributed by atoms with van der Waals surface area (Å²) >= 11 is 0. The van der Waals surface area contributed by atoms with E-state index in [1.54, 1.807) is 0 Å². The van der Waals surface area contributed by atoms with Crippen LogP contribution in [0.5, 0.6) is 0 Å². The van der Waals surface area contributed by atoms with Gasteiger partial charge in [-0.1, -0.05) is 96.8 Å². The molecule has 0 spiro atoms. The molecule has 0 aliphatic rings. The van der Waals surface area contributed by atoms with Crippen molar-refractivity contribution in [3.05, 3.63) is 0 Å². The van der Waals surface area contributed by atoms with Crippen LogP contribution in [0, 0.1) is 5.92 Å². The van der Waals surface area contributed by atoms with Crippen LogP contribution in [0.15, 0.2) is 0 Å². The highest BCUT2D eigenvalue weighted by Gasteiger charge is 2.14. The molecule has 0 amide bonds. The molecule has 132 valence electrons. The number of hydrogen-bond donors (Lipinski definition) is 2. The fraction of sp³-hybridized carbons (Fsp3) is 0.947. The molecule has 0 radical (unpaired) electrons. The van der Waals surface area contributed by atoms with Crippen LogP contribution in [0.1, 0.15) is 103 Å². The summed E-state index contributed by atoms with van der Waals surface area (Å²) < 4.78 is 0. The van der Waals surface area contributed by atoms with Crippen molar-refractivity contribution in [2.45, 2.75) is 103 Å². The zero-order valence-corrected chi connectivity index (χ0v) is 14.7. The number of aliphatic hydroxyl groups excluding tert-OH is 1. The van der Waals surface area contributed by atoms with Crippen LogP contribution in [0.4, 0.5) is 0 Å². The number of hydrogen-bond acceptors (Lipinski definition) is 2. The first kappa shape index (κ1) is 21.4. The molecule has 0 aliphatic heterocycles. The normalized spacial score (nSPS) is 12.5. The second-order valence-corrected chi connectivity index (χ2v) is 6.60. The van der Waals surface area contributed by atoms with Gasteiger partial charge >= 0.3 is 5.97 Å². The molecular formula is C19H38O3. The van der Waals surface area contributed by atoms with E-state index in [1.807, 2.05) is 0 Å². The van der Waals surface area contributed by atoms with Crippen molar-refractivity contribution in [1.82, 2.24) is 0 Å². The van der Waals surface area contributed by atoms with Gasteiger partial charge in [-0.15, -0.1) is 0 Å². The lowest BCUT2D eigenvalue weighted by Gasteiger charge is -2.08. The molecule has 0 aromatic rings. The Hall–Kier alpha value is -0.570. The Bertz CT molecular complexity index is 241. The van der Waals surface area contributed by atoms with Gasteiger partial charge in [-0.25, -0.2) is 0 Å². The Morgan fingerprint density at radius 3 is 1.41 bits per heavy atom. The summed E-state index contributed by atoms with van der Waals surface area (Å²) in [6.45, 7) is 2.03. The second-order valence-electron chi connectivity index (χ2n) is 6.60. The van der Waals surface area contributed by atoms with Gasteiger partial charge in [0.2, 0.25) is 0 Å². The van der Waals surface area contributed by atoms with E-state index in [4.69, 9.17) is 10.2 Å². The van der Waals surface area contributed by atoms with Crippen molar-refractivity contribution in [3.8, 4) is 0 Å². The zero-order chi connectivity index (χ0) is 16.5. The van der Waals surface area contributed by atoms with Crippen LogP contribution in [0.2, 0.25) is 0 Å². The number of rotatable bonds is 17. The Labute approximate surface area is 137 Å². The molecule has 0 saturated heterocycles. The predicted molar refractivity (Wildman–Crippen MR) is 93.1 cm³/mol. The van der Waals surface area contributed by atoms with Crippen molar-refractivity contribution < 1.29 is 15.0 Å². The number of aliphatic hydroxyl groups is 1. The van der Waals surface area contributed by atoms with Gasteiger partial charge in [-0.3, -0.25) is 4.79 Å². The molecule has 1 atom stereocenters. The summed E-state index contributed by atoms with van der Waals surface area (Å²) in [5.41, 5.74) is 0. The highest BCUT2D eigenvalue weighted by molar-refractivity contribution is 5.69. The van der Waals surface area contributed by atoms with Crippen LogP contribution < -0.4 is 0 Å². The molecule has 0 heterocycles. The van der Waals surface area contributed by atoms with E-state index in [0.29, 0.717) is 6.42 Å². The average molecular weight is 315 g/mol.